The Balaban J connectivity index is 1.55. The van der Waals surface area contributed by atoms with Crippen molar-refractivity contribution in [3.63, 3.8) is 0 Å². The van der Waals surface area contributed by atoms with Gasteiger partial charge in [0.15, 0.2) is 11.0 Å². The van der Waals surface area contributed by atoms with Crippen molar-refractivity contribution in [3.8, 4) is 17.1 Å². The highest BCUT2D eigenvalue weighted by Gasteiger charge is 2.28. The van der Waals surface area contributed by atoms with Crippen molar-refractivity contribution in [1.82, 2.24) is 19.7 Å². The van der Waals surface area contributed by atoms with Crippen LogP contribution in [0.1, 0.15) is 6.04 Å². The standard InChI is InChI=1S/C16H14N4OS2/c21-13-3-5-14(6-4-13)22-9-12-10-23-16-19-18-15(20(12)16)11-2-1-7-17-8-11/h1-8,12,21H,9-10H2. The molecule has 3 aromatic rings. The number of rotatable bonds is 4. The minimum absolute atomic E-state index is 0.297. The Morgan fingerprint density at radius 2 is 2.09 bits per heavy atom. The molecule has 1 atom stereocenters. The largest absolute Gasteiger partial charge is 0.508 e. The van der Waals surface area contributed by atoms with Crippen LogP contribution in [0, 0.1) is 0 Å². The molecule has 1 unspecified atom stereocenters. The lowest BCUT2D eigenvalue weighted by Crippen LogP contribution is -2.11. The predicted octanol–water partition coefficient (Wildman–Crippen LogP) is 3.48. The minimum Gasteiger partial charge on any atom is -0.508 e. The van der Waals surface area contributed by atoms with Gasteiger partial charge in [0.1, 0.15) is 5.75 Å². The van der Waals surface area contributed by atoms with E-state index >= 15 is 0 Å². The number of pyridine rings is 1. The van der Waals surface area contributed by atoms with Crippen LogP contribution in [0.15, 0.2) is 58.8 Å². The molecule has 0 bridgehead atoms. The summed E-state index contributed by atoms with van der Waals surface area (Å²) in [5.74, 6) is 3.12. The van der Waals surface area contributed by atoms with Gasteiger partial charge >= 0.3 is 0 Å². The number of fused-ring (bicyclic) bond motifs is 1. The molecule has 3 heterocycles. The maximum absolute atomic E-state index is 9.36. The van der Waals surface area contributed by atoms with Gasteiger partial charge in [-0.3, -0.25) is 9.55 Å². The number of nitrogens with zero attached hydrogens (tertiary/aromatic N) is 4. The normalized spacial score (nSPS) is 16.4. The van der Waals surface area contributed by atoms with E-state index in [1.165, 1.54) is 0 Å². The lowest BCUT2D eigenvalue weighted by atomic mass is 10.2. The number of aromatic nitrogens is 4. The Hall–Kier alpha value is -1.99. The summed E-state index contributed by atoms with van der Waals surface area (Å²) in [6.45, 7) is 0. The van der Waals surface area contributed by atoms with Crippen molar-refractivity contribution in [3.05, 3.63) is 48.8 Å². The lowest BCUT2D eigenvalue weighted by Gasteiger charge is -2.14. The molecule has 116 valence electrons. The van der Waals surface area contributed by atoms with E-state index < -0.39 is 0 Å². The van der Waals surface area contributed by atoms with Gasteiger partial charge < -0.3 is 5.11 Å². The van der Waals surface area contributed by atoms with Crippen molar-refractivity contribution in [2.45, 2.75) is 16.1 Å². The fourth-order valence-corrected chi connectivity index (χ4v) is 4.71. The van der Waals surface area contributed by atoms with E-state index in [0.717, 1.165) is 32.9 Å². The van der Waals surface area contributed by atoms with Crippen LogP contribution in [-0.4, -0.2) is 36.4 Å². The second kappa shape index (κ2) is 6.25. The van der Waals surface area contributed by atoms with Crippen LogP contribution in [-0.2, 0) is 0 Å². The second-order valence-corrected chi connectivity index (χ2v) is 7.27. The zero-order chi connectivity index (χ0) is 15.6. The fourth-order valence-electron chi connectivity index (χ4n) is 2.50. The van der Waals surface area contributed by atoms with E-state index in [2.05, 4.69) is 19.7 Å². The molecule has 1 aromatic carbocycles. The van der Waals surface area contributed by atoms with Crippen molar-refractivity contribution in [2.24, 2.45) is 0 Å². The Morgan fingerprint density at radius 1 is 1.22 bits per heavy atom. The van der Waals surface area contributed by atoms with Crippen molar-refractivity contribution < 1.29 is 5.11 Å². The summed E-state index contributed by atoms with van der Waals surface area (Å²) in [5, 5.41) is 19.0. The van der Waals surface area contributed by atoms with Gasteiger partial charge in [0, 0.05) is 34.4 Å². The number of phenols is 1. The average molecular weight is 342 g/mol. The maximum atomic E-state index is 9.36. The van der Waals surface area contributed by atoms with Gasteiger partial charge in [-0.2, -0.15) is 0 Å². The van der Waals surface area contributed by atoms with Crippen LogP contribution in [0.25, 0.3) is 11.4 Å². The number of hydrogen-bond acceptors (Lipinski definition) is 6. The number of thioether (sulfide) groups is 2. The van der Waals surface area contributed by atoms with Gasteiger partial charge in [0.2, 0.25) is 0 Å². The summed E-state index contributed by atoms with van der Waals surface area (Å²) < 4.78 is 2.22. The lowest BCUT2D eigenvalue weighted by molar-refractivity contribution is 0.475. The molecular weight excluding hydrogens is 328 g/mol. The topological polar surface area (TPSA) is 63.8 Å². The molecule has 0 fully saturated rings. The summed E-state index contributed by atoms with van der Waals surface area (Å²) in [7, 11) is 0. The Bertz CT molecular complexity index is 805. The molecule has 0 radical (unpaired) electrons. The van der Waals surface area contributed by atoms with Gasteiger partial charge in [0.05, 0.1) is 6.04 Å². The first-order valence-corrected chi connectivity index (χ1v) is 9.18. The highest BCUT2D eigenvalue weighted by Crippen LogP contribution is 2.38. The Kier molecular flexibility index (Phi) is 3.97. The Morgan fingerprint density at radius 3 is 2.87 bits per heavy atom. The van der Waals surface area contributed by atoms with Crippen LogP contribution >= 0.6 is 23.5 Å². The second-order valence-electron chi connectivity index (χ2n) is 5.19. The zero-order valence-electron chi connectivity index (χ0n) is 12.2. The predicted molar refractivity (Wildman–Crippen MR) is 91.8 cm³/mol. The van der Waals surface area contributed by atoms with Crippen LogP contribution in [0.4, 0.5) is 0 Å². The first-order chi connectivity index (χ1) is 11.3. The number of hydrogen-bond donors (Lipinski definition) is 1. The van der Waals surface area contributed by atoms with Gasteiger partial charge in [-0.15, -0.1) is 22.0 Å². The van der Waals surface area contributed by atoms with E-state index in [1.807, 2.05) is 30.5 Å². The summed E-state index contributed by atoms with van der Waals surface area (Å²) >= 11 is 3.53. The molecule has 0 aliphatic carbocycles. The number of benzene rings is 1. The molecule has 0 saturated heterocycles. The summed E-state index contributed by atoms with van der Waals surface area (Å²) in [4.78, 5) is 5.33. The van der Waals surface area contributed by atoms with Crippen molar-refractivity contribution >= 4 is 23.5 Å². The summed E-state index contributed by atoms with van der Waals surface area (Å²) in [5.41, 5.74) is 0.994. The highest BCUT2D eigenvalue weighted by atomic mass is 32.2. The van der Waals surface area contributed by atoms with E-state index in [1.54, 1.807) is 41.9 Å². The molecule has 7 heteroatoms. The summed E-state index contributed by atoms with van der Waals surface area (Å²) in [6, 6.07) is 11.6. The number of phenolic OH excluding ortho intramolecular Hbond substituents is 1. The zero-order valence-corrected chi connectivity index (χ0v) is 13.8. The first kappa shape index (κ1) is 14.6. The molecular formula is C16H14N4OS2. The van der Waals surface area contributed by atoms with Gasteiger partial charge in [0.25, 0.3) is 0 Å². The van der Waals surface area contributed by atoms with Crippen LogP contribution in [0.5, 0.6) is 5.75 Å². The molecule has 1 aliphatic rings. The van der Waals surface area contributed by atoms with Crippen LogP contribution in [0.2, 0.25) is 0 Å². The van der Waals surface area contributed by atoms with Gasteiger partial charge in [-0.1, -0.05) is 11.8 Å². The SMILES string of the molecule is Oc1ccc(SCC2CSc3nnc(-c4cccnc4)n32)cc1. The van der Waals surface area contributed by atoms with Crippen LogP contribution in [0.3, 0.4) is 0 Å². The minimum atomic E-state index is 0.297. The maximum Gasteiger partial charge on any atom is 0.191 e. The van der Waals surface area contributed by atoms with Gasteiger partial charge in [-0.25, -0.2) is 0 Å². The van der Waals surface area contributed by atoms with Crippen molar-refractivity contribution in [2.75, 3.05) is 11.5 Å². The average Bonchev–Trinajstić information content (AvgIpc) is 3.17. The smallest absolute Gasteiger partial charge is 0.191 e. The molecule has 1 N–H and O–H groups in total. The third-order valence-electron chi connectivity index (χ3n) is 3.63. The van der Waals surface area contributed by atoms with E-state index in [4.69, 9.17) is 0 Å². The molecule has 5 nitrogen and oxygen atoms in total. The molecule has 1 aliphatic heterocycles. The van der Waals surface area contributed by atoms with Crippen LogP contribution < -0.4 is 0 Å². The third-order valence-corrected chi connectivity index (χ3v) is 5.88. The molecule has 23 heavy (non-hydrogen) atoms. The van der Waals surface area contributed by atoms with Gasteiger partial charge in [-0.05, 0) is 36.4 Å². The highest BCUT2D eigenvalue weighted by molar-refractivity contribution is 8.00. The summed E-state index contributed by atoms with van der Waals surface area (Å²) in [6.07, 6.45) is 3.59. The van der Waals surface area contributed by atoms with E-state index in [-0.39, 0.29) is 0 Å². The molecule has 4 rings (SSSR count). The molecule has 2 aromatic heterocycles. The molecule has 0 spiro atoms. The number of aromatic hydroxyl groups is 1. The monoisotopic (exact) mass is 342 g/mol. The fraction of sp³-hybridized carbons (Fsp3) is 0.188. The van der Waals surface area contributed by atoms with E-state index in [9.17, 15) is 5.11 Å². The first-order valence-electron chi connectivity index (χ1n) is 7.21. The molecule has 0 saturated carbocycles. The third kappa shape index (κ3) is 2.94. The quantitative estimate of drug-likeness (QED) is 0.732. The van der Waals surface area contributed by atoms with Crippen molar-refractivity contribution in [1.29, 1.82) is 0 Å². The van der Waals surface area contributed by atoms with E-state index in [0.29, 0.717) is 11.8 Å². The Labute approximate surface area is 142 Å². The molecule has 0 amide bonds.